The van der Waals surface area contributed by atoms with Crippen LogP contribution in [0.3, 0.4) is 0 Å². The van der Waals surface area contributed by atoms with Crippen LogP contribution in [-0.2, 0) is 22.3 Å². The second kappa shape index (κ2) is 11.1. The fourth-order valence-corrected chi connectivity index (χ4v) is 3.66. The zero-order valence-electron chi connectivity index (χ0n) is 18.9. The van der Waals surface area contributed by atoms with Crippen LogP contribution in [0.4, 0.5) is 18.9 Å². The zero-order valence-corrected chi connectivity index (χ0v) is 18.9. The van der Waals surface area contributed by atoms with Crippen molar-refractivity contribution in [2.45, 2.75) is 19.6 Å². The average molecular weight is 473 g/mol. The summed E-state index contributed by atoms with van der Waals surface area (Å²) in [4.78, 5) is 12.4. The van der Waals surface area contributed by atoms with Crippen LogP contribution in [0, 0.1) is 6.92 Å². The molecule has 0 amide bonds. The van der Waals surface area contributed by atoms with Crippen molar-refractivity contribution in [3.05, 3.63) is 83.4 Å². The van der Waals surface area contributed by atoms with Crippen LogP contribution in [0.25, 0.3) is 11.1 Å². The van der Waals surface area contributed by atoms with Gasteiger partial charge in [-0.05, 0) is 47.4 Å². The number of hydrogen-bond donors (Lipinski definition) is 1. The molecule has 0 atom stereocenters. The van der Waals surface area contributed by atoms with E-state index in [4.69, 9.17) is 14.6 Å². The second-order valence-corrected chi connectivity index (χ2v) is 7.79. The molecule has 34 heavy (non-hydrogen) atoms. The summed E-state index contributed by atoms with van der Waals surface area (Å²) in [5.41, 5.74) is 2.30. The minimum absolute atomic E-state index is 0.0646. The Hall–Kier alpha value is -3.52. The number of aliphatic carboxylic acids is 1. The van der Waals surface area contributed by atoms with Crippen molar-refractivity contribution >= 4 is 11.7 Å². The highest BCUT2D eigenvalue weighted by molar-refractivity contribution is 5.71. The minimum atomic E-state index is -4.53. The van der Waals surface area contributed by atoms with E-state index in [0.717, 1.165) is 17.2 Å². The monoisotopic (exact) mass is 473 g/mol. The molecule has 3 rings (SSSR count). The lowest BCUT2D eigenvalue weighted by Gasteiger charge is -2.28. The second-order valence-electron chi connectivity index (χ2n) is 7.79. The quantitative estimate of drug-likeness (QED) is 0.404. The fourth-order valence-electron chi connectivity index (χ4n) is 3.66. The summed E-state index contributed by atoms with van der Waals surface area (Å²) < 4.78 is 52.3. The maximum Gasteiger partial charge on any atom is 0.418 e. The van der Waals surface area contributed by atoms with Crippen LogP contribution in [0.5, 0.6) is 5.75 Å². The summed E-state index contributed by atoms with van der Waals surface area (Å²) in [5, 5.41) is 8.81. The molecule has 0 saturated carbocycles. The number of anilines is 1. The van der Waals surface area contributed by atoms with E-state index in [1.54, 1.807) is 36.1 Å². The molecular formula is C26H26F3NO4. The number of halogens is 3. The molecule has 0 aromatic heterocycles. The number of ether oxygens (including phenoxy) is 2. The number of carbonyl (C=O) groups is 1. The first-order chi connectivity index (χ1) is 16.2. The number of nitrogens with zero attached hydrogens (tertiary/aromatic N) is 1. The number of methoxy groups -OCH3 is 1. The van der Waals surface area contributed by atoms with E-state index in [2.05, 4.69) is 0 Å². The lowest BCUT2D eigenvalue weighted by molar-refractivity contribution is -0.139. The minimum Gasteiger partial charge on any atom is -0.482 e. The number of carboxylic acids is 1. The van der Waals surface area contributed by atoms with Crippen molar-refractivity contribution in [2.24, 2.45) is 0 Å². The topological polar surface area (TPSA) is 59.0 Å². The maximum absolute atomic E-state index is 13.9. The van der Waals surface area contributed by atoms with Gasteiger partial charge < -0.3 is 19.5 Å². The van der Waals surface area contributed by atoms with Gasteiger partial charge in [-0.2, -0.15) is 13.2 Å². The lowest BCUT2D eigenvalue weighted by atomic mass is 10.0. The standard InChI is InChI=1S/C26H26F3NO4/c1-18-14-19(8-11-24(18)34-17-25(31)32)16-30(12-13-33-2)23-15-21(20-6-4-3-5-7-20)9-10-22(23)26(27,28)29/h3-11,14-15H,12-13,16-17H2,1-2H3,(H,31,32). The predicted octanol–water partition coefficient (Wildman–Crippen LogP) is 5.80. The molecule has 0 unspecified atom stereocenters. The zero-order chi connectivity index (χ0) is 24.7. The Balaban J connectivity index is 1.99. The van der Waals surface area contributed by atoms with Crippen molar-refractivity contribution in [1.82, 2.24) is 0 Å². The van der Waals surface area contributed by atoms with Gasteiger partial charge >= 0.3 is 12.1 Å². The van der Waals surface area contributed by atoms with E-state index < -0.39 is 24.3 Å². The predicted molar refractivity (Wildman–Crippen MR) is 124 cm³/mol. The third-order valence-electron chi connectivity index (χ3n) is 5.28. The summed E-state index contributed by atoms with van der Waals surface area (Å²) in [6, 6.07) is 18.5. The van der Waals surface area contributed by atoms with Gasteiger partial charge in [-0.3, -0.25) is 0 Å². The van der Waals surface area contributed by atoms with Crippen LogP contribution in [0.2, 0.25) is 0 Å². The first-order valence-corrected chi connectivity index (χ1v) is 10.6. The number of rotatable bonds is 10. The summed E-state index contributed by atoms with van der Waals surface area (Å²) in [7, 11) is 1.50. The summed E-state index contributed by atoms with van der Waals surface area (Å²) in [6.07, 6.45) is -4.53. The molecule has 0 fully saturated rings. The van der Waals surface area contributed by atoms with Crippen molar-refractivity contribution in [3.8, 4) is 16.9 Å². The van der Waals surface area contributed by atoms with Crippen molar-refractivity contribution in [1.29, 1.82) is 0 Å². The molecule has 0 saturated heterocycles. The Labute approximate surface area is 196 Å². The molecule has 8 heteroatoms. The van der Waals surface area contributed by atoms with Crippen molar-refractivity contribution in [3.63, 3.8) is 0 Å². The first kappa shape index (κ1) is 25.1. The molecule has 0 bridgehead atoms. The number of alkyl halides is 3. The van der Waals surface area contributed by atoms with E-state index in [-0.39, 0.29) is 25.4 Å². The van der Waals surface area contributed by atoms with Gasteiger partial charge in [-0.1, -0.05) is 48.5 Å². The summed E-state index contributed by atoms with van der Waals surface area (Å²) >= 11 is 0. The molecule has 0 spiro atoms. The summed E-state index contributed by atoms with van der Waals surface area (Å²) in [6.45, 7) is 1.98. The van der Waals surface area contributed by atoms with Gasteiger partial charge in [0.1, 0.15) is 5.75 Å². The van der Waals surface area contributed by atoms with E-state index in [9.17, 15) is 18.0 Å². The highest BCUT2D eigenvalue weighted by atomic mass is 19.4. The van der Waals surface area contributed by atoms with Gasteiger partial charge in [0.15, 0.2) is 6.61 Å². The Kier molecular flexibility index (Phi) is 8.17. The normalized spacial score (nSPS) is 11.3. The molecule has 5 nitrogen and oxygen atoms in total. The van der Waals surface area contributed by atoms with Gasteiger partial charge in [0.2, 0.25) is 0 Å². The molecule has 180 valence electrons. The highest BCUT2D eigenvalue weighted by Crippen LogP contribution is 2.39. The number of aryl methyl sites for hydroxylation is 1. The van der Waals surface area contributed by atoms with Gasteiger partial charge in [-0.25, -0.2) is 4.79 Å². The van der Waals surface area contributed by atoms with Crippen LogP contribution in [0.1, 0.15) is 16.7 Å². The molecule has 0 aliphatic rings. The van der Waals surface area contributed by atoms with E-state index in [1.807, 2.05) is 30.3 Å². The van der Waals surface area contributed by atoms with E-state index in [0.29, 0.717) is 16.9 Å². The van der Waals surface area contributed by atoms with Gasteiger partial charge in [0.05, 0.1) is 12.2 Å². The highest BCUT2D eigenvalue weighted by Gasteiger charge is 2.35. The first-order valence-electron chi connectivity index (χ1n) is 10.6. The van der Waals surface area contributed by atoms with Crippen LogP contribution in [0.15, 0.2) is 66.7 Å². The third kappa shape index (κ3) is 6.51. The smallest absolute Gasteiger partial charge is 0.418 e. The number of carboxylic acid groups (broad SMARTS) is 1. The van der Waals surface area contributed by atoms with Gasteiger partial charge in [0, 0.05) is 25.9 Å². The van der Waals surface area contributed by atoms with Gasteiger partial charge in [-0.15, -0.1) is 0 Å². The fraction of sp³-hybridized carbons (Fsp3) is 0.269. The molecule has 3 aromatic rings. The molecular weight excluding hydrogens is 447 g/mol. The van der Waals surface area contributed by atoms with Gasteiger partial charge in [0.25, 0.3) is 0 Å². The van der Waals surface area contributed by atoms with Crippen molar-refractivity contribution in [2.75, 3.05) is 31.8 Å². The SMILES string of the molecule is COCCN(Cc1ccc(OCC(=O)O)c(C)c1)c1cc(-c2ccccc2)ccc1C(F)(F)F. The maximum atomic E-state index is 13.9. The van der Waals surface area contributed by atoms with Crippen LogP contribution in [-0.4, -0.2) is 37.9 Å². The molecule has 0 aliphatic heterocycles. The molecule has 0 aliphatic carbocycles. The Morgan fingerprint density at radius 3 is 2.35 bits per heavy atom. The molecule has 0 heterocycles. The molecule has 1 N–H and O–H groups in total. The number of hydrogen-bond acceptors (Lipinski definition) is 4. The summed E-state index contributed by atoms with van der Waals surface area (Å²) in [5.74, 6) is -0.677. The number of benzene rings is 3. The Bertz CT molecular complexity index is 1120. The van der Waals surface area contributed by atoms with Crippen LogP contribution >= 0.6 is 0 Å². The molecule has 0 radical (unpaired) electrons. The molecule has 3 aromatic carbocycles. The van der Waals surface area contributed by atoms with E-state index >= 15 is 0 Å². The third-order valence-corrected chi connectivity index (χ3v) is 5.28. The average Bonchev–Trinajstić information content (AvgIpc) is 2.80. The lowest BCUT2D eigenvalue weighted by Crippen LogP contribution is -2.29. The van der Waals surface area contributed by atoms with E-state index in [1.165, 1.54) is 13.2 Å². The largest absolute Gasteiger partial charge is 0.482 e. The Morgan fingerprint density at radius 1 is 1.00 bits per heavy atom. The van der Waals surface area contributed by atoms with Crippen molar-refractivity contribution < 1.29 is 32.5 Å². The Morgan fingerprint density at radius 2 is 1.74 bits per heavy atom. The van der Waals surface area contributed by atoms with Crippen LogP contribution < -0.4 is 9.64 Å².